The lowest BCUT2D eigenvalue weighted by Crippen LogP contribution is -2.41. The highest BCUT2D eigenvalue weighted by Gasteiger charge is 2.39. The number of nitrogens with zero attached hydrogens (tertiary/aromatic N) is 5. The summed E-state index contributed by atoms with van der Waals surface area (Å²) in [6, 6.07) is 1.30. The highest BCUT2D eigenvalue weighted by Crippen LogP contribution is 2.38. The van der Waals surface area contributed by atoms with E-state index in [-0.39, 0.29) is 28.7 Å². The highest BCUT2D eigenvalue weighted by atomic mass is 32.1. The van der Waals surface area contributed by atoms with Crippen LogP contribution in [0, 0.1) is 11.6 Å². The first kappa shape index (κ1) is 23.3. The van der Waals surface area contributed by atoms with E-state index in [1.165, 1.54) is 25.7 Å². The number of carbonyl (C=O) groups is 1. The average Bonchev–Trinajstić information content (AvgIpc) is 3.37. The molecule has 0 saturated heterocycles. The fourth-order valence-corrected chi connectivity index (χ4v) is 4.01. The van der Waals surface area contributed by atoms with Gasteiger partial charge in [0.25, 0.3) is 0 Å². The second kappa shape index (κ2) is 8.16. The second-order valence-electron chi connectivity index (χ2n) is 7.11. The summed E-state index contributed by atoms with van der Waals surface area (Å²) in [6.45, 7) is 0. The van der Waals surface area contributed by atoms with E-state index in [2.05, 4.69) is 15.3 Å². The molecule has 1 aromatic carbocycles. The van der Waals surface area contributed by atoms with Gasteiger partial charge in [-0.15, -0.1) is 11.3 Å². The highest BCUT2D eigenvalue weighted by molar-refractivity contribution is 7.14. The minimum atomic E-state index is -5.24. The van der Waals surface area contributed by atoms with Gasteiger partial charge in [0.05, 0.1) is 24.0 Å². The van der Waals surface area contributed by atoms with Crippen molar-refractivity contribution in [2.45, 2.75) is 12.6 Å². The second-order valence-corrected chi connectivity index (χ2v) is 7.97. The van der Waals surface area contributed by atoms with Gasteiger partial charge in [0, 0.05) is 25.0 Å². The Morgan fingerprint density at radius 1 is 1.12 bits per heavy atom. The van der Waals surface area contributed by atoms with Gasteiger partial charge in [0.1, 0.15) is 17.2 Å². The number of benzene rings is 1. The number of fused-ring (bicyclic) bond motifs is 1. The fraction of sp³-hybridized carbons (Fsp3) is 0.211. The molecule has 34 heavy (non-hydrogen) atoms. The van der Waals surface area contributed by atoms with Crippen molar-refractivity contribution in [2.75, 3.05) is 5.32 Å². The number of nitrogens with one attached hydrogen (secondary N) is 1. The molecule has 15 heteroatoms. The topological polar surface area (TPSA) is 103 Å². The maximum Gasteiger partial charge on any atom is 0.422 e. The van der Waals surface area contributed by atoms with E-state index in [0.29, 0.717) is 6.07 Å². The molecule has 0 spiro atoms. The lowest BCUT2D eigenvalue weighted by Gasteiger charge is -2.11. The summed E-state index contributed by atoms with van der Waals surface area (Å²) in [6.07, 6.45) is -4.35. The van der Waals surface area contributed by atoms with E-state index >= 15 is 0 Å². The quantitative estimate of drug-likeness (QED) is 0.434. The molecule has 0 aliphatic rings. The van der Waals surface area contributed by atoms with Crippen LogP contribution in [0.5, 0.6) is 0 Å². The van der Waals surface area contributed by atoms with Crippen LogP contribution in [0.2, 0.25) is 0 Å². The monoisotopic (exact) mass is 500 g/mol. The zero-order valence-electron chi connectivity index (χ0n) is 17.3. The number of carbonyl (C=O) groups excluding carboxylic acids is 1. The van der Waals surface area contributed by atoms with Gasteiger partial charge in [0.2, 0.25) is 11.7 Å². The van der Waals surface area contributed by atoms with Crippen molar-refractivity contribution in [1.29, 1.82) is 0 Å². The normalized spacial score (nSPS) is 11.9. The van der Waals surface area contributed by atoms with E-state index in [1.54, 1.807) is 0 Å². The molecular formula is C19H13F5N6O3S. The molecule has 3 heterocycles. The summed E-state index contributed by atoms with van der Waals surface area (Å²) in [5.74, 6) is -4.20. The molecule has 4 rings (SSSR count). The molecule has 9 nitrogen and oxygen atoms in total. The van der Waals surface area contributed by atoms with Crippen molar-refractivity contribution in [3.05, 3.63) is 67.6 Å². The Bertz CT molecular complexity index is 1570. The van der Waals surface area contributed by atoms with Crippen LogP contribution in [0.15, 0.2) is 33.3 Å². The van der Waals surface area contributed by atoms with E-state index in [4.69, 9.17) is 0 Å². The largest absolute Gasteiger partial charge is 0.422 e. The molecule has 0 bridgehead atoms. The summed E-state index contributed by atoms with van der Waals surface area (Å²) in [4.78, 5) is 44.8. The van der Waals surface area contributed by atoms with Gasteiger partial charge < -0.3 is 5.32 Å². The van der Waals surface area contributed by atoms with Gasteiger partial charge in [-0.25, -0.2) is 37.3 Å². The van der Waals surface area contributed by atoms with E-state index < -0.39 is 46.2 Å². The third-order valence-corrected chi connectivity index (χ3v) is 5.67. The molecular weight excluding hydrogens is 487 g/mol. The van der Waals surface area contributed by atoms with E-state index in [9.17, 15) is 36.3 Å². The molecule has 1 N–H and O–H groups in total. The average molecular weight is 500 g/mol. The molecule has 178 valence electrons. The van der Waals surface area contributed by atoms with Crippen LogP contribution in [-0.4, -0.2) is 29.4 Å². The molecule has 1 amide bonds. The SMILES string of the molecule is Cn1c(=O)n(C)c2ncc(CC(=O)Nc3nc(-c4ccc(F)c(C(F)(F)F)c4F)cs3)n2c1=O. The van der Waals surface area contributed by atoms with Crippen molar-refractivity contribution >= 4 is 28.2 Å². The summed E-state index contributed by atoms with van der Waals surface area (Å²) >= 11 is 0.807. The molecule has 0 fully saturated rings. The Morgan fingerprint density at radius 2 is 1.82 bits per heavy atom. The van der Waals surface area contributed by atoms with E-state index in [1.807, 2.05) is 0 Å². The molecule has 3 aromatic heterocycles. The van der Waals surface area contributed by atoms with Crippen LogP contribution >= 0.6 is 11.3 Å². The number of rotatable bonds is 4. The zero-order chi connectivity index (χ0) is 24.9. The van der Waals surface area contributed by atoms with Crippen LogP contribution in [0.4, 0.5) is 27.1 Å². The molecule has 0 aliphatic heterocycles. The van der Waals surface area contributed by atoms with Gasteiger partial charge >= 0.3 is 17.6 Å². The molecule has 0 radical (unpaired) electrons. The molecule has 4 aromatic rings. The summed E-state index contributed by atoms with van der Waals surface area (Å²) in [5, 5.41) is 3.54. The Hall–Kier alpha value is -3.88. The lowest BCUT2D eigenvalue weighted by atomic mass is 10.1. The number of aromatic nitrogens is 5. The minimum Gasteiger partial charge on any atom is -0.302 e. The maximum absolute atomic E-state index is 14.4. The van der Waals surface area contributed by atoms with Crippen LogP contribution in [0.25, 0.3) is 17.0 Å². The van der Waals surface area contributed by atoms with Gasteiger partial charge in [-0.1, -0.05) is 0 Å². The number of anilines is 1. The maximum atomic E-state index is 14.4. The first-order chi connectivity index (χ1) is 15.9. The van der Waals surface area contributed by atoms with Crippen LogP contribution in [-0.2, 0) is 31.5 Å². The van der Waals surface area contributed by atoms with Crippen molar-refractivity contribution < 1.29 is 26.7 Å². The summed E-state index contributed by atoms with van der Waals surface area (Å²) in [7, 11) is 2.67. The van der Waals surface area contributed by atoms with Crippen molar-refractivity contribution in [3.8, 4) is 11.3 Å². The number of hydrogen-bond acceptors (Lipinski definition) is 6. The Morgan fingerprint density at radius 3 is 2.50 bits per heavy atom. The number of hydrogen-bond donors (Lipinski definition) is 1. The molecule has 0 saturated carbocycles. The first-order valence-corrected chi connectivity index (χ1v) is 10.2. The van der Waals surface area contributed by atoms with Crippen LogP contribution in [0.1, 0.15) is 11.3 Å². The van der Waals surface area contributed by atoms with Crippen LogP contribution in [0.3, 0.4) is 0 Å². The Balaban J connectivity index is 1.59. The lowest BCUT2D eigenvalue weighted by molar-refractivity contribution is -0.142. The number of imidazole rings is 1. The van der Waals surface area contributed by atoms with Crippen LogP contribution < -0.4 is 16.7 Å². The fourth-order valence-electron chi connectivity index (χ4n) is 3.28. The zero-order valence-corrected chi connectivity index (χ0v) is 18.1. The van der Waals surface area contributed by atoms with Crippen molar-refractivity contribution in [3.63, 3.8) is 0 Å². The third-order valence-electron chi connectivity index (χ3n) is 4.91. The predicted molar refractivity (Wildman–Crippen MR) is 110 cm³/mol. The predicted octanol–water partition coefficient (Wildman–Crippen LogP) is 2.33. The number of alkyl halides is 3. The number of amides is 1. The third kappa shape index (κ3) is 3.87. The number of aryl methyl sites for hydroxylation is 1. The van der Waals surface area contributed by atoms with E-state index in [0.717, 1.165) is 30.9 Å². The number of thiazole rings is 1. The Labute approximate surface area is 189 Å². The van der Waals surface area contributed by atoms with Gasteiger partial charge in [0.15, 0.2) is 5.13 Å². The smallest absolute Gasteiger partial charge is 0.302 e. The summed E-state index contributed by atoms with van der Waals surface area (Å²) in [5.41, 5.74) is -4.00. The standard InChI is InChI=1S/C19H13F5N6O3S/c1-28-16-25-6-8(30(16)18(33)29(2)17(28)32)5-12(31)27-15-26-11(7-34-15)9-3-4-10(20)13(14(9)21)19(22,23)24/h3-4,6-7H,5H2,1-2H3,(H,26,27,31). The summed E-state index contributed by atoms with van der Waals surface area (Å²) < 4.78 is 69.9. The van der Waals surface area contributed by atoms with Gasteiger partial charge in [-0.3, -0.25) is 9.36 Å². The van der Waals surface area contributed by atoms with Crippen molar-refractivity contribution in [1.82, 2.24) is 23.5 Å². The van der Waals surface area contributed by atoms with Gasteiger partial charge in [-0.05, 0) is 12.1 Å². The minimum absolute atomic E-state index is 0.0275. The molecule has 0 unspecified atom stereocenters. The number of halogens is 5. The molecule has 0 aliphatic carbocycles. The van der Waals surface area contributed by atoms with Gasteiger partial charge in [-0.2, -0.15) is 13.2 Å². The Kier molecular flexibility index (Phi) is 5.59. The van der Waals surface area contributed by atoms with Crippen molar-refractivity contribution in [2.24, 2.45) is 14.1 Å². The molecule has 0 atom stereocenters. The first-order valence-electron chi connectivity index (χ1n) is 9.33.